The monoisotopic (exact) mass is 343 g/mol. The molecule has 21 heavy (non-hydrogen) atoms. The van der Waals surface area contributed by atoms with Crippen LogP contribution in [0.5, 0.6) is 5.75 Å². The van der Waals surface area contributed by atoms with Gasteiger partial charge in [-0.3, -0.25) is 4.79 Å². The summed E-state index contributed by atoms with van der Waals surface area (Å²) in [5.74, 6) is 0.0321. The van der Waals surface area contributed by atoms with E-state index in [4.69, 9.17) is 39.5 Å². The molecule has 0 saturated carbocycles. The van der Waals surface area contributed by atoms with E-state index in [0.717, 1.165) is 5.56 Å². The first-order valence-corrected chi connectivity index (χ1v) is 7.27. The molecule has 6 heteroatoms. The highest BCUT2D eigenvalue weighted by Gasteiger charge is 2.09. The molecule has 2 aromatic rings. The number of benzene rings is 2. The lowest BCUT2D eigenvalue weighted by Gasteiger charge is -2.10. The quantitative estimate of drug-likeness (QED) is 0.876. The topological polar surface area (TPSA) is 38.3 Å². The maximum atomic E-state index is 11.7. The number of carbonyl (C=O) groups is 1. The second kappa shape index (κ2) is 7.55. The van der Waals surface area contributed by atoms with Gasteiger partial charge in [0.25, 0.3) is 5.91 Å². The van der Waals surface area contributed by atoms with Gasteiger partial charge >= 0.3 is 0 Å². The molecule has 0 aromatic heterocycles. The Hall–Kier alpha value is -1.42. The first-order valence-electron chi connectivity index (χ1n) is 6.14. The highest BCUT2D eigenvalue weighted by atomic mass is 35.5. The fourth-order valence-corrected chi connectivity index (χ4v) is 2.38. The summed E-state index contributed by atoms with van der Waals surface area (Å²) in [7, 11) is 0. The SMILES string of the molecule is O=C(COc1c(Cl)cccc1Cl)NCc1cccc(Cl)c1. The molecule has 1 N–H and O–H groups in total. The van der Waals surface area contributed by atoms with Crippen LogP contribution in [0.3, 0.4) is 0 Å². The Balaban J connectivity index is 1.85. The molecule has 0 fully saturated rings. The third kappa shape index (κ3) is 4.81. The van der Waals surface area contributed by atoms with E-state index in [0.29, 0.717) is 27.4 Å². The molecule has 0 bridgehead atoms. The molecule has 1 amide bonds. The summed E-state index contributed by atoms with van der Waals surface area (Å²) < 4.78 is 5.34. The van der Waals surface area contributed by atoms with E-state index in [1.165, 1.54) is 0 Å². The zero-order valence-corrected chi connectivity index (χ0v) is 13.2. The van der Waals surface area contributed by atoms with Crippen molar-refractivity contribution in [2.45, 2.75) is 6.54 Å². The van der Waals surface area contributed by atoms with Crippen molar-refractivity contribution in [2.75, 3.05) is 6.61 Å². The molecule has 0 atom stereocenters. The van der Waals surface area contributed by atoms with Crippen LogP contribution in [0.1, 0.15) is 5.56 Å². The van der Waals surface area contributed by atoms with Gasteiger partial charge in [0.2, 0.25) is 0 Å². The Morgan fingerprint density at radius 1 is 1.05 bits per heavy atom. The van der Waals surface area contributed by atoms with Gasteiger partial charge in [0, 0.05) is 11.6 Å². The van der Waals surface area contributed by atoms with Crippen LogP contribution in [0.4, 0.5) is 0 Å². The minimum absolute atomic E-state index is 0.163. The lowest BCUT2D eigenvalue weighted by molar-refractivity contribution is -0.123. The molecular formula is C15H12Cl3NO2. The number of para-hydroxylation sites is 1. The van der Waals surface area contributed by atoms with Crippen LogP contribution < -0.4 is 10.1 Å². The molecule has 0 spiro atoms. The van der Waals surface area contributed by atoms with Crippen molar-refractivity contribution < 1.29 is 9.53 Å². The molecule has 0 radical (unpaired) electrons. The zero-order valence-electron chi connectivity index (χ0n) is 10.9. The Bertz CT molecular complexity index is 626. The third-order valence-electron chi connectivity index (χ3n) is 2.65. The van der Waals surface area contributed by atoms with Crippen LogP contribution in [-0.2, 0) is 11.3 Å². The van der Waals surface area contributed by atoms with Crippen LogP contribution >= 0.6 is 34.8 Å². The Kier molecular flexibility index (Phi) is 5.74. The summed E-state index contributed by atoms with van der Waals surface area (Å²) in [5, 5.41) is 4.08. The molecule has 0 saturated heterocycles. The smallest absolute Gasteiger partial charge is 0.258 e. The maximum Gasteiger partial charge on any atom is 0.258 e. The standard InChI is InChI=1S/C15H12Cl3NO2/c16-11-4-1-3-10(7-11)8-19-14(20)9-21-15-12(17)5-2-6-13(15)18/h1-7H,8-9H2,(H,19,20). The minimum atomic E-state index is -0.272. The maximum absolute atomic E-state index is 11.7. The van der Waals surface area contributed by atoms with Crippen molar-refractivity contribution in [3.05, 3.63) is 63.1 Å². The Morgan fingerprint density at radius 3 is 2.38 bits per heavy atom. The molecule has 0 unspecified atom stereocenters. The fraction of sp³-hybridized carbons (Fsp3) is 0.133. The second-order valence-corrected chi connectivity index (χ2v) is 5.50. The predicted molar refractivity (Wildman–Crippen MR) is 85.3 cm³/mol. The van der Waals surface area contributed by atoms with Gasteiger partial charge in [-0.1, -0.05) is 53.0 Å². The van der Waals surface area contributed by atoms with Crippen molar-refractivity contribution >= 4 is 40.7 Å². The number of hydrogen-bond donors (Lipinski definition) is 1. The Morgan fingerprint density at radius 2 is 1.71 bits per heavy atom. The summed E-state index contributed by atoms with van der Waals surface area (Å²) in [4.78, 5) is 11.7. The largest absolute Gasteiger partial charge is 0.481 e. The number of ether oxygens (including phenoxy) is 1. The summed E-state index contributed by atoms with van der Waals surface area (Å²) in [5.41, 5.74) is 0.909. The first-order chi connectivity index (χ1) is 10.1. The summed E-state index contributed by atoms with van der Waals surface area (Å²) >= 11 is 17.8. The van der Waals surface area contributed by atoms with Gasteiger partial charge in [0.05, 0.1) is 10.0 Å². The van der Waals surface area contributed by atoms with Crippen LogP contribution in [0.15, 0.2) is 42.5 Å². The predicted octanol–water partition coefficient (Wildman–Crippen LogP) is 4.34. The number of hydrogen-bond acceptors (Lipinski definition) is 2. The van der Waals surface area contributed by atoms with Crippen LogP contribution in [0.25, 0.3) is 0 Å². The van der Waals surface area contributed by atoms with Gasteiger partial charge in [0.1, 0.15) is 0 Å². The van der Waals surface area contributed by atoms with E-state index in [1.54, 1.807) is 30.3 Å². The van der Waals surface area contributed by atoms with Gasteiger partial charge < -0.3 is 10.1 Å². The van der Waals surface area contributed by atoms with E-state index in [1.807, 2.05) is 12.1 Å². The van der Waals surface area contributed by atoms with Crippen LogP contribution in [0, 0.1) is 0 Å². The van der Waals surface area contributed by atoms with Crippen molar-refractivity contribution in [1.82, 2.24) is 5.32 Å². The molecule has 0 heterocycles. The van der Waals surface area contributed by atoms with E-state index < -0.39 is 0 Å². The van der Waals surface area contributed by atoms with Gasteiger partial charge in [-0.15, -0.1) is 0 Å². The normalized spacial score (nSPS) is 10.2. The van der Waals surface area contributed by atoms with E-state index in [9.17, 15) is 4.79 Å². The molecule has 3 nitrogen and oxygen atoms in total. The molecule has 0 aliphatic heterocycles. The number of nitrogens with one attached hydrogen (secondary N) is 1. The molecule has 0 aliphatic carbocycles. The molecule has 0 aliphatic rings. The van der Waals surface area contributed by atoms with Crippen molar-refractivity contribution in [3.63, 3.8) is 0 Å². The number of amides is 1. The molecule has 2 aromatic carbocycles. The highest BCUT2D eigenvalue weighted by Crippen LogP contribution is 2.32. The van der Waals surface area contributed by atoms with E-state index >= 15 is 0 Å². The Labute approximate surface area is 137 Å². The van der Waals surface area contributed by atoms with Gasteiger partial charge in [-0.2, -0.15) is 0 Å². The fourth-order valence-electron chi connectivity index (χ4n) is 1.66. The lowest BCUT2D eigenvalue weighted by Crippen LogP contribution is -2.28. The average Bonchev–Trinajstić information content (AvgIpc) is 2.45. The van der Waals surface area contributed by atoms with Crippen LogP contribution in [0.2, 0.25) is 15.1 Å². The van der Waals surface area contributed by atoms with Crippen molar-refractivity contribution in [1.29, 1.82) is 0 Å². The number of halogens is 3. The van der Waals surface area contributed by atoms with Crippen molar-refractivity contribution in [2.24, 2.45) is 0 Å². The highest BCUT2D eigenvalue weighted by molar-refractivity contribution is 6.37. The molecule has 110 valence electrons. The molecule has 2 rings (SSSR count). The lowest BCUT2D eigenvalue weighted by atomic mass is 10.2. The van der Waals surface area contributed by atoms with E-state index in [-0.39, 0.29) is 12.5 Å². The number of rotatable bonds is 5. The van der Waals surface area contributed by atoms with Gasteiger partial charge in [0.15, 0.2) is 12.4 Å². The van der Waals surface area contributed by atoms with Gasteiger partial charge in [-0.05, 0) is 29.8 Å². The van der Waals surface area contributed by atoms with Crippen molar-refractivity contribution in [3.8, 4) is 5.75 Å². The second-order valence-electron chi connectivity index (χ2n) is 4.25. The average molecular weight is 345 g/mol. The zero-order chi connectivity index (χ0) is 15.2. The van der Waals surface area contributed by atoms with E-state index in [2.05, 4.69) is 5.32 Å². The number of carbonyl (C=O) groups excluding carboxylic acids is 1. The summed E-state index contributed by atoms with van der Waals surface area (Å²) in [6.45, 7) is 0.211. The van der Waals surface area contributed by atoms with Gasteiger partial charge in [-0.25, -0.2) is 0 Å². The summed E-state index contributed by atoms with van der Waals surface area (Å²) in [6.07, 6.45) is 0. The summed E-state index contributed by atoms with van der Waals surface area (Å²) in [6, 6.07) is 12.3. The minimum Gasteiger partial charge on any atom is -0.481 e. The molecular weight excluding hydrogens is 333 g/mol. The van der Waals surface area contributed by atoms with Crippen LogP contribution in [-0.4, -0.2) is 12.5 Å². The third-order valence-corrected chi connectivity index (χ3v) is 3.48. The first kappa shape index (κ1) is 16.0.